The molecule has 0 aliphatic heterocycles. The maximum atomic E-state index is 6.04. The van der Waals surface area contributed by atoms with Crippen LogP contribution in [0.5, 0.6) is 0 Å². The standard InChI is InChI=1S/C14H22N4/c1-9(2)14(4,5)8-18-12-11(17-13(18)15)10(3)6-7-16-12/h6-7,9H,8H2,1-5H3,(H2,15,17). The van der Waals surface area contributed by atoms with Crippen LogP contribution in [-0.4, -0.2) is 14.5 Å². The molecule has 2 N–H and O–H groups in total. The molecule has 0 aliphatic carbocycles. The molecule has 98 valence electrons. The van der Waals surface area contributed by atoms with Crippen molar-refractivity contribution < 1.29 is 0 Å². The van der Waals surface area contributed by atoms with Crippen molar-refractivity contribution in [3.63, 3.8) is 0 Å². The van der Waals surface area contributed by atoms with E-state index < -0.39 is 0 Å². The lowest BCUT2D eigenvalue weighted by molar-refractivity contribution is 0.213. The van der Waals surface area contributed by atoms with Gasteiger partial charge in [-0.05, 0) is 29.9 Å². The number of hydrogen-bond donors (Lipinski definition) is 1. The van der Waals surface area contributed by atoms with Crippen molar-refractivity contribution in [3.05, 3.63) is 17.8 Å². The first-order valence-electron chi connectivity index (χ1n) is 6.40. The number of imidazole rings is 1. The van der Waals surface area contributed by atoms with Crippen molar-refractivity contribution in [2.24, 2.45) is 11.3 Å². The molecule has 0 fully saturated rings. The van der Waals surface area contributed by atoms with E-state index in [0.717, 1.165) is 23.3 Å². The van der Waals surface area contributed by atoms with Gasteiger partial charge in [-0.25, -0.2) is 9.97 Å². The summed E-state index contributed by atoms with van der Waals surface area (Å²) in [7, 11) is 0. The molecule has 2 rings (SSSR count). The minimum absolute atomic E-state index is 0.160. The molecule has 2 heterocycles. The maximum absolute atomic E-state index is 6.04. The summed E-state index contributed by atoms with van der Waals surface area (Å²) in [4.78, 5) is 8.86. The summed E-state index contributed by atoms with van der Waals surface area (Å²) < 4.78 is 2.03. The van der Waals surface area contributed by atoms with Crippen molar-refractivity contribution >= 4 is 17.1 Å². The average Bonchev–Trinajstić information content (AvgIpc) is 2.57. The van der Waals surface area contributed by atoms with Crippen LogP contribution in [0.4, 0.5) is 5.95 Å². The van der Waals surface area contributed by atoms with Crippen molar-refractivity contribution in [1.82, 2.24) is 14.5 Å². The molecule has 0 spiro atoms. The molecule has 0 amide bonds. The molecule has 0 saturated carbocycles. The Labute approximate surface area is 108 Å². The zero-order chi connectivity index (χ0) is 13.5. The number of rotatable bonds is 3. The number of aryl methyl sites for hydroxylation is 1. The molecular formula is C14H22N4. The SMILES string of the molecule is Cc1ccnc2c1nc(N)n2CC(C)(C)C(C)C. The second-order valence-corrected chi connectivity index (χ2v) is 6.00. The normalized spacial score (nSPS) is 12.6. The second-order valence-electron chi connectivity index (χ2n) is 6.00. The van der Waals surface area contributed by atoms with Crippen LogP contribution in [0.15, 0.2) is 12.3 Å². The van der Waals surface area contributed by atoms with E-state index >= 15 is 0 Å². The maximum Gasteiger partial charge on any atom is 0.202 e. The van der Waals surface area contributed by atoms with Crippen molar-refractivity contribution in [2.75, 3.05) is 5.73 Å². The first-order chi connectivity index (χ1) is 8.33. The summed E-state index contributed by atoms with van der Waals surface area (Å²) in [6.07, 6.45) is 1.82. The quantitative estimate of drug-likeness (QED) is 0.905. The van der Waals surface area contributed by atoms with Crippen molar-refractivity contribution in [2.45, 2.75) is 41.2 Å². The molecule has 0 saturated heterocycles. The molecular weight excluding hydrogens is 224 g/mol. The Kier molecular flexibility index (Phi) is 3.05. The molecule has 0 atom stereocenters. The van der Waals surface area contributed by atoms with E-state index in [1.54, 1.807) is 0 Å². The Bertz CT molecular complexity index is 566. The molecule has 0 bridgehead atoms. The summed E-state index contributed by atoms with van der Waals surface area (Å²) in [6, 6.07) is 1.96. The fraction of sp³-hybridized carbons (Fsp3) is 0.571. The van der Waals surface area contributed by atoms with Crippen LogP contribution in [0.2, 0.25) is 0 Å². The smallest absolute Gasteiger partial charge is 0.202 e. The van der Waals surface area contributed by atoms with Gasteiger partial charge in [-0.3, -0.25) is 4.57 Å². The first-order valence-corrected chi connectivity index (χ1v) is 6.40. The van der Waals surface area contributed by atoms with Crippen LogP contribution in [0.3, 0.4) is 0 Å². The molecule has 2 aromatic rings. The predicted octanol–water partition coefficient (Wildman–Crippen LogP) is 3.00. The Balaban J connectivity index is 2.52. The molecule has 4 heteroatoms. The lowest BCUT2D eigenvalue weighted by atomic mass is 9.81. The third-order valence-corrected chi connectivity index (χ3v) is 3.99. The Hall–Kier alpha value is -1.58. The number of nitrogen functional groups attached to an aromatic ring is 1. The Morgan fingerprint density at radius 2 is 2.06 bits per heavy atom. The predicted molar refractivity (Wildman–Crippen MR) is 75.3 cm³/mol. The van der Waals surface area contributed by atoms with Gasteiger partial charge in [0.2, 0.25) is 5.95 Å². The van der Waals surface area contributed by atoms with E-state index in [1.807, 2.05) is 23.8 Å². The molecule has 0 aromatic carbocycles. The monoisotopic (exact) mass is 246 g/mol. The summed E-state index contributed by atoms with van der Waals surface area (Å²) in [6.45, 7) is 11.8. The highest BCUT2D eigenvalue weighted by atomic mass is 15.2. The highest BCUT2D eigenvalue weighted by Gasteiger charge is 2.25. The van der Waals surface area contributed by atoms with Gasteiger partial charge in [0.1, 0.15) is 5.52 Å². The topological polar surface area (TPSA) is 56.7 Å². The number of anilines is 1. The molecule has 0 radical (unpaired) electrons. The minimum atomic E-state index is 0.160. The lowest BCUT2D eigenvalue weighted by Gasteiger charge is -2.30. The van der Waals surface area contributed by atoms with Crippen LogP contribution in [0, 0.1) is 18.3 Å². The van der Waals surface area contributed by atoms with Crippen LogP contribution in [0.1, 0.15) is 33.3 Å². The zero-order valence-electron chi connectivity index (χ0n) is 11.9. The van der Waals surface area contributed by atoms with Crippen molar-refractivity contribution in [1.29, 1.82) is 0 Å². The van der Waals surface area contributed by atoms with E-state index in [2.05, 4.69) is 37.7 Å². The van der Waals surface area contributed by atoms with Crippen LogP contribution >= 0.6 is 0 Å². The van der Waals surface area contributed by atoms with E-state index in [0.29, 0.717) is 11.9 Å². The lowest BCUT2D eigenvalue weighted by Crippen LogP contribution is -2.26. The van der Waals surface area contributed by atoms with Crippen LogP contribution in [0.25, 0.3) is 11.2 Å². The Morgan fingerprint density at radius 1 is 1.39 bits per heavy atom. The largest absolute Gasteiger partial charge is 0.369 e. The fourth-order valence-electron chi connectivity index (χ4n) is 1.90. The molecule has 0 aliphatic rings. The third-order valence-electron chi connectivity index (χ3n) is 3.99. The summed E-state index contributed by atoms with van der Waals surface area (Å²) >= 11 is 0. The second kappa shape index (κ2) is 4.26. The number of hydrogen-bond acceptors (Lipinski definition) is 3. The number of pyridine rings is 1. The van der Waals surface area contributed by atoms with E-state index in [9.17, 15) is 0 Å². The van der Waals surface area contributed by atoms with Gasteiger partial charge in [-0.1, -0.05) is 27.7 Å². The molecule has 18 heavy (non-hydrogen) atoms. The van der Waals surface area contributed by atoms with Crippen LogP contribution < -0.4 is 5.73 Å². The van der Waals surface area contributed by atoms with E-state index in [4.69, 9.17) is 5.73 Å². The van der Waals surface area contributed by atoms with Crippen LogP contribution in [-0.2, 0) is 6.54 Å². The minimum Gasteiger partial charge on any atom is -0.369 e. The molecule has 0 unspecified atom stereocenters. The summed E-state index contributed by atoms with van der Waals surface area (Å²) in [5.41, 5.74) is 9.12. The molecule has 4 nitrogen and oxygen atoms in total. The van der Waals surface area contributed by atoms with E-state index in [1.165, 1.54) is 0 Å². The van der Waals surface area contributed by atoms with Gasteiger partial charge in [-0.15, -0.1) is 0 Å². The first kappa shape index (κ1) is 12.9. The summed E-state index contributed by atoms with van der Waals surface area (Å²) in [5.74, 6) is 1.12. The number of aromatic nitrogens is 3. The van der Waals surface area contributed by atoms with Gasteiger partial charge in [0, 0.05) is 12.7 Å². The van der Waals surface area contributed by atoms with Gasteiger partial charge in [0.05, 0.1) is 0 Å². The highest BCUT2D eigenvalue weighted by Crippen LogP contribution is 2.31. The number of nitrogens with two attached hydrogens (primary N) is 1. The fourth-order valence-corrected chi connectivity index (χ4v) is 1.90. The number of nitrogens with zero attached hydrogens (tertiary/aromatic N) is 3. The molecule has 2 aromatic heterocycles. The average molecular weight is 246 g/mol. The van der Waals surface area contributed by atoms with Crippen molar-refractivity contribution in [3.8, 4) is 0 Å². The summed E-state index contributed by atoms with van der Waals surface area (Å²) in [5, 5.41) is 0. The Morgan fingerprint density at radius 3 is 2.67 bits per heavy atom. The van der Waals surface area contributed by atoms with E-state index in [-0.39, 0.29) is 5.41 Å². The van der Waals surface area contributed by atoms with Gasteiger partial charge in [0.25, 0.3) is 0 Å². The van der Waals surface area contributed by atoms with Gasteiger partial charge < -0.3 is 5.73 Å². The van der Waals surface area contributed by atoms with Gasteiger partial charge >= 0.3 is 0 Å². The third kappa shape index (κ3) is 2.07. The number of fused-ring (bicyclic) bond motifs is 1. The highest BCUT2D eigenvalue weighted by molar-refractivity contribution is 5.77. The zero-order valence-corrected chi connectivity index (χ0v) is 11.9. The van der Waals surface area contributed by atoms with Gasteiger partial charge in [-0.2, -0.15) is 0 Å². The van der Waals surface area contributed by atoms with Gasteiger partial charge in [0.15, 0.2) is 5.65 Å².